The van der Waals surface area contributed by atoms with E-state index in [0.29, 0.717) is 29.4 Å². The molecular weight excluding hydrogens is 376 g/mol. The van der Waals surface area contributed by atoms with E-state index in [1.54, 1.807) is 18.2 Å². The van der Waals surface area contributed by atoms with Crippen LogP contribution in [0.2, 0.25) is 5.02 Å². The summed E-state index contributed by atoms with van der Waals surface area (Å²) in [5.41, 5.74) is 3.28. The van der Waals surface area contributed by atoms with Gasteiger partial charge in [-0.3, -0.25) is 9.59 Å². The van der Waals surface area contributed by atoms with Crippen molar-refractivity contribution in [2.24, 2.45) is 0 Å². The summed E-state index contributed by atoms with van der Waals surface area (Å²) in [5.74, 6) is 0.531. The molecule has 1 aromatic carbocycles. The van der Waals surface area contributed by atoms with Gasteiger partial charge in [0.15, 0.2) is 0 Å². The molecule has 1 atom stereocenters. The third kappa shape index (κ3) is 3.37. The molecule has 6 nitrogen and oxygen atoms in total. The molecule has 2 heterocycles. The summed E-state index contributed by atoms with van der Waals surface area (Å²) in [6.07, 6.45) is 5.87. The monoisotopic (exact) mass is 398 g/mol. The van der Waals surface area contributed by atoms with E-state index in [4.69, 9.17) is 16.6 Å². The highest BCUT2D eigenvalue weighted by atomic mass is 35.5. The fourth-order valence-corrected chi connectivity index (χ4v) is 4.73. The van der Waals surface area contributed by atoms with Gasteiger partial charge >= 0.3 is 0 Å². The number of aryl methyl sites for hydroxylation is 2. The van der Waals surface area contributed by atoms with Crippen molar-refractivity contribution < 1.29 is 9.59 Å². The zero-order valence-electron chi connectivity index (χ0n) is 16.1. The second-order valence-electron chi connectivity index (χ2n) is 7.78. The standard InChI is InChI=1S/C21H23ClN4O2/c1-13-23-11-15-6-8-21(19(15)24-13)7-3-9-26(12-21)20(28)17-5-4-16(10-18(17)22)25-14(2)27/h4-5,10-11H,3,6-9,12H2,1-2H3,(H,25,27). The Labute approximate surface area is 169 Å². The number of benzene rings is 1. The Kier molecular flexibility index (Phi) is 4.83. The van der Waals surface area contributed by atoms with Crippen molar-refractivity contribution in [2.45, 2.75) is 44.9 Å². The molecule has 146 valence electrons. The Morgan fingerprint density at radius 1 is 1.29 bits per heavy atom. The highest BCUT2D eigenvalue weighted by molar-refractivity contribution is 6.34. The maximum atomic E-state index is 13.2. The maximum absolute atomic E-state index is 13.2. The molecule has 1 unspecified atom stereocenters. The van der Waals surface area contributed by atoms with Crippen molar-refractivity contribution in [1.29, 1.82) is 0 Å². The third-order valence-electron chi connectivity index (χ3n) is 5.74. The smallest absolute Gasteiger partial charge is 0.255 e. The second-order valence-corrected chi connectivity index (χ2v) is 8.18. The Bertz CT molecular complexity index is 957. The molecule has 1 N–H and O–H groups in total. The number of nitrogens with one attached hydrogen (secondary N) is 1. The molecule has 1 saturated heterocycles. The molecule has 1 spiro atoms. The normalized spacial score (nSPS) is 20.9. The van der Waals surface area contributed by atoms with Gasteiger partial charge in [0, 0.05) is 37.3 Å². The Hall–Kier alpha value is -2.47. The molecule has 2 aromatic rings. The van der Waals surface area contributed by atoms with Crippen LogP contribution in [0.4, 0.5) is 5.69 Å². The number of rotatable bonds is 2. The first kappa shape index (κ1) is 18.9. The van der Waals surface area contributed by atoms with E-state index in [2.05, 4.69) is 10.3 Å². The molecule has 4 rings (SSSR count). The van der Waals surface area contributed by atoms with Gasteiger partial charge in [0.1, 0.15) is 5.82 Å². The van der Waals surface area contributed by atoms with E-state index < -0.39 is 0 Å². The fourth-order valence-electron chi connectivity index (χ4n) is 4.47. The SMILES string of the molecule is CC(=O)Nc1ccc(C(=O)N2CCCC3(CCc4cnc(C)nc43)C2)c(Cl)c1. The van der Waals surface area contributed by atoms with Gasteiger partial charge in [-0.2, -0.15) is 0 Å². The van der Waals surface area contributed by atoms with Gasteiger partial charge in [-0.05, 0) is 56.4 Å². The highest BCUT2D eigenvalue weighted by Crippen LogP contribution is 2.44. The lowest BCUT2D eigenvalue weighted by atomic mass is 9.77. The topological polar surface area (TPSA) is 75.2 Å². The number of carbonyl (C=O) groups is 2. The lowest BCUT2D eigenvalue weighted by Crippen LogP contribution is -2.48. The molecule has 1 aliphatic carbocycles. The first-order chi connectivity index (χ1) is 13.4. The number of amides is 2. The van der Waals surface area contributed by atoms with Crippen LogP contribution in [0.1, 0.15) is 53.6 Å². The number of halogens is 1. The highest BCUT2D eigenvalue weighted by Gasteiger charge is 2.44. The van der Waals surface area contributed by atoms with Crippen LogP contribution >= 0.6 is 11.6 Å². The van der Waals surface area contributed by atoms with E-state index in [-0.39, 0.29) is 17.2 Å². The van der Waals surface area contributed by atoms with Crippen molar-refractivity contribution in [3.05, 3.63) is 52.1 Å². The van der Waals surface area contributed by atoms with Crippen LogP contribution in [-0.2, 0) is 16.6 Å². The van der Waals surface area contributed by atoms with Crippen molar-refractivity contribution >= 4 is 29.1 Å². The minimum absolute atomic E-state index is 0.0716. The van der Waals surface area contributed by atoms with Gasteiger partial charge in [0.2, 0.25) is 5.91 Å². The van der Waals surface area contributed by atoms with Gasteiger partial charge in [-0.15, -0.1) is 0 Å². The molecule has 0 bridgehead atoms. The number of fused-ring (bicyclic) bond motifs is 2. The summed E-state index contributed by atoms with van der Waals surface area (Å²) in [6.45, 7) is 4.71. The predicted octanol–water partition coefficient (Wildman–Crippen LogP) is 3.52. The van der Waals surface area contributed by atoms with E-state index >= 15 is 0 Å². The van der Waals surface area contributed by atoms with Crippen LogP contribution in [0.25, 0.3) is 0 Å². The Morgan fingerprint density at radius 3 is 2.86 bits per heavy atom. The van der Waals surface area contributed by atoms with Crippen molar-refractivity contribution in [3.63, 3.8) is 0 Å². The van der Waals surface area contributed by atoms with Crippen LogP contribution in [0.5, 0.6) is 0 Å². The predicted molar refractivity (Wildman–Crippen MR) is 108 cm³/mol. The van der Waals surface area contributed by atoms with E-state index in [0.717, 1.165) is 37.2 Å². The first-order valence-corrected chi connectivity index (χ1v) is 9.95. The lowest BCUT2D eigenvalue weighted by Gasteiger charge is -2.40. The van der Waals surface area contributed by atoms with Gasteiger partial charge in [0.05, 0.1) is 16.3 Å². The van der Waals surface area contributed by atoms with Crippen molar-refractivity contribution in [3.8, 4) is 0 Å². The van der Waals surface area contributed by atoms with Crippen LogP contribution < -0.4 is 5.32 Å². The minimum Gasteiger partial charge on any atom is -0.338 e. The second kappa shape index (κ2) is 7.17. The molecular formula is C21H23ClN4O2. The summed E-state index contributed by atoms with van der Waals surface area (Å²) in [5, 5.41) is 3.03. The van der Waals surface area contributed by atoms with Crippen LogP contribution in [0.15, 0.2) is 24.4 Å². The molecule has 28 heavy (non-hydrogen) atoms. The number of hydrogen-bond donors (Lipinski definition) is 1. The van der Waals surface area contributed by atoms with Gasteiger partial charge < -0.3 is 10.2 Å². The number of anilines is 1. The largest absolute Gasteiger partial charge is 0.338 e. The number of aromatic nitrogens is 2. The molecule has 2 aliphatic rings. The number of carbonyl (C=O) groups excluding carboxylic acids is 2. The molecule has 7 heteroatoms. The van der Waals surface area contributed by atoms with Crippen LogP contribution in [0, 0.1) is 6.92 Å². The number of nitrogens with zero attached hydrogens (tertiary/aromatic N) is 3. The fraction of sp³-hybridized carbons (Fsp3) is 0.429. The third-order valence-corrected chi connectivity index (χ3v) is 6.06. The summed E-state index contributed by atoms with van der Waals surface area (Å²) in [6, 6.07) is 5.02. The number of hydrogen-bond acceptors (Lipinski definition) is 4. The van der Waals surface area contributed by atoms with Crippen LogP contribution in [0.3, 0.4) is 0 Å². The summed E-state index contributed by atoms with van der Waals surface area (Å²) < 4.78 is 0. The lowest BCUT2D eigenvalue weighted by molar-refractivity contribution is -0.114. The summed E-state index contributed by atoms with van der Waals surface area (Å²) in [7, 11) is 0. The molecule has 0 saturated carbocycles. The van der Waals surface area contributed by atoms with Crippen molar-refractivity contribution in [1.82, 2.24) is 14.9 Å². The average Bonchev–Trinajstić information content (AvgIpc) is 2.98. The molecule has 2 amide bonds. The molecule has 1 fully saturated rings. The van der Waals surface area contributed by atoms with E-state index in [1.165, 1.54) is 12.5 Å². The summed E-state index contributed by atoms with van der Waals surface area (Å²) >= 11 is 6.36. The first-order valence-electron chi connectivity index (χ1n) is 9.57. The minimum atomic E-state index is -0.176. The Morgan fingerprint density at radius 2 is 2.11 bits per heavy atom. The number of likely N-dealkylation sites (tertiary alicyclic amines) is 1. The summed E-state index contributed by atoms with van der Waals surface area (Å²) in [4.78, 5) is 35.4. The zero-order chi connectivity index (χ0) is 19.9. The maximum Gasteiger partial charge on any atom is 0.255 e. The zero-order valence-corrected chi connectivity index (χ0v) is 16.8. The van der Waals surface area contributed by atoms with E-state index in [9.17, 15) is 9.59 Å². The van der Waals surface area contributed by atoms with Crippen molar-refractivity contribution in [2.75, 3.05) is 18.4 Å². The number of piperidine rings is 1. The quantitative estimate of drug-likeness (QED) is 0.839. The average molecular weight is 399 g/mol. The molecule has 1 aliphatic heterocycles. The van der Waals surface area contributed by atoms with Gasteiger partial charge in [-0.25, -0.2) is 9.97 Å². The van der Waals surface area contributed by atoms with E-state index in [1.807, 2.05) is 18.0 Å². The molecule has 0 radical (unpaired) electrons. The van der Waals surface area contributed by atoms with Gasteiger partial charge in [-0.1, -0.05) is 11.6 Å². The Balaban J connectivity index is 1.59. The molecule has 1 aromatic heterocycles. The van der Waals surface area contributed by atoms with Gasteiger partial charge in [0.25, 0.3) is 5.91 Å². The van der Waals surface area contributed by atoms with Crippen LogP contribution in [-0.4, -0.2) is 39.8 Å².